The van der Waals surface area contributed by atoms with Crippen LogP contribution in [0.5, 0.6) is 0 Å². The van der Waals surface area contributed by atoms with Gasteiger partial charge in [0.1, 0.15) is 17.7 Å². The Bertz CT molecular complexity index is 2390. The molecule has 3 N–H and O–H groups in total. The molecule has 1 amide bonds. The highest BCUT2D eigenvalue weighted by molar-refractivity contribution is 7.10. The summed E-state index contributed by atoms with van der Waals surface area (Å²) >= 11 is 1.34. The van der Waals surface area contributed by atoms with Crippen LogP contribution in [0.4, 0.5) is 10.5 Å². The van der Waals surface area contributed by atoms with Crippen LogP contribution >= 0.6 is 11.3 Å². The molecule has 4 aromatic rings. The van der Waals surface area contributed by atoms with Crippen molar-refractivity contribution in [1.29, 1.82) is 0 Å². The third-order valence-electron chi connectivity index (χ3n) is 12.3. The SMILES string of the molecule is CCn1c(-c2cc(N3CCN4CCOC[C@@H]4C3)cnc2[C@H](C)OC)c(CC(C)(C)COC(C)=O)c2cc(-c3csc(C[C@H](NC(=O)OC(C)(C)C)C(=O)OC(=O)C4CCCNN4)n3)ccc21. The minimum Gasteiger partial charge on any atom is -0.465 e. The highest BCUT2D eigenvalue weighted by Crippen LogP contribution is 2.43. The van der Waals surface area contributed by atoms with E-state index in [0.717, 1.165) is 83.9 Å². The standard InChI is InChI=1S/C48H66N8O9S/c1-10-56-40-14-13-31(39-27-66-41(51-39)22-38(52-46(60)65-47(4,5)6)45(59)64-44(58)37-12-11-15-50-53-37)20-34(40)36(23-48(7,8)28-63-30(3)57)43(56)35-21-32(24-49-42(35)29(2)61-9)55-17-16-54-18-19-62-26-33(54)25-55/h13-14,20-21,24,27,29,33,37-38,50,53H,10-12,15-19,22-23,25-26,28H2,1-9H3,(H,52,60)/t29-,33-,37?,38-/m0/s1. The number of benzene rings is 1. The summed E-state index contributed by atoms with van der Waals surface area (Å²) in [6, 6.07) is 6.92. The molecule has 0 radical (unpaired) electrons. The van der Waals surface area contributed by atoms with Crippen molar-refractivity contribution in [2.75, 3.05) is 64.6 Å². The molecule has 18 heteroatoms. The van der Waals surface area contributed by atoms with E-state index in [1.54, 1.807) is 27.9 Å². The number of esters is 3. The van der Waals surface area contributed by atoms with E-state index in [2.05, 4.69) is 69.5 Å². The molecule has 66 heavy (non-hydrogen) atoms. The Hall–Kier alpha value is -4.98. The summed E-state index contributed by atoms with van der Waals surface area (Å²) in [6.45, 7) is 21.6. The molecule has 0 aliphatic carbocycles. The van der Waals surface area contributed by atoms with E-state index in [9.17, 15) is 19.2 Å². The second-order valence-electron chi connectivity index (χ2n) is 19.2. The number of alkyl carbamates (subject to hydrolysis) is 1. The van der Waals surface area contributed by atoms with E-state index in [0.29, 0.717) is 49.3 Å². The monoisotopic (exact) mass is 930 g/mol. The van der Waals surface area contributed by atoms with Gasteiger partial charge in [0.15, 0.2) is 0 Å². The zero-order chi connectivity index (χ0) is 47.3. The topological polar surface area (TPSA) is 188 Å². The molecule has 0 spiro atoms. The van der Waals surface area contributed by atoms with Gasteiger partial charge >= 0.3 is 24.0 Å². The van der Waals surface area contributed by atoms with E-state index in [-0.39, 0.29) is 25.1 Å². The lowest BCUT2D eigenvalue weighted by Crippen LogP contribution is -2.58. The fourth-order valence-electron chi connectivity index (χ4n) is 8.90. The number of hydrazine groups is 1. The number of carbonyl (C=O) groups is 4. The minimum atomic E-state index is -1.25. The van der Waals surface area contributed by atoms with E-state index in [1.807, 2.05) is 24.6 Å². The van der Waals surface area contributed by atoms with Gasteiger partial charge < -0.3 is 38.5 Å². The van der Waals surface area contributed by atoms with Crippen molar-refractivity contribution in [3.05, 3.63) is 52.1 Å². The molecule has 3 fully saturated rings. The maximum atomic E-state index is 13.6. The smallest absolute Gasteiger partial charge is 0.408 e. The Balaban J connectivity index is 1.27. The van der Waals surface area contributed by atoms with Crippen LogP contribution in [0.15, 0.2) is 35.8 Å². The number of anilines is 1. The maximum Gasteiger partial charge on any atom is 0.408 e. The Kier molecular flexibility index (Phi) is 15.5. The molecule has 7 rings (SSSR count). The molecule has 1 aromatic carbocycles. The summed E-state index contributed by atoms with van der Waals surface area (Å²) in [7, 11) is 1.70. The number of methoxy groups -OCH3 is 1. The Labute approximate surface area is 391 Å². The van der Waals surface area contributed by atoms with E-state index < -0.39 is 41.1 Å². The zero-order valence-electron chi connectivity index (χ0n) is 39.8. The van der Waals surface area contributed by atoms with Gasteiger partial charge in [0.05, 0.1) is 65.9 Å². The van der Waals surface area contributed by atoms with Crippen molar-refractivity contribution in [3.63, 3.8) is 0 Å². The molecule has 1 unspecified atom stereocenters. The van der Waals surface area contributed by atoms with Crippen LogP contribution in [0.2, 0.25) is 0 Å². The number of morpholine rings is 1. The second-order valence-corrected chi connectivity index (χ2v) is 20.1. The van der Waals surface area contributed by atoms with Gasteiger partial charge in [-0.05, 0) is 77.6 Å². The lowest BCUT2D eigenvalue weighted by Gasteiger charge is -2.44. The normalized spacial score (nSPS) is 19.2. The molecule has 4 atom stereocenters. The number of hydrogen-bond donors (Lipinski definition) is 3. The van der Waals surface area contributed by atoms with Crippen LogP contribution in [0, 0.1) is 5.41 Å². The summed E-state index contributed by atoms with van der Waals surface area (Å²) in [6.07, 6.45) is 2.61. The first kappa shape index (κ1) is 48.9. The van der Waals surface area contributed by atoms with E-state index >= 15 is 0 Å². The van der Waals surface area contributed by atoms with E-state index in [4.69, 9.17) is 33.7 Å². The zero-order valence-corrected chi connectivity index (χ0v) is 40.6. The van der Waals surface area contributed by atoms with Gasteiger partial charge in [0.2, 0.25) is 0 Å². The van der Waals surface area contributed by atoms with Gasteiger partial charge in [-0.3, -0.25) is 20.1 Å². The average Bonchev–Trinajstić information content (AvgIpc) is 3.88. The van der Waals surface area contributed by atoms with Gasteiger partial charge in [-0.2, -0.15) is 0 Å². The van der Waals surface area contributed by atoms with Crippen molar-refractivity contribution in [2.45, 2.75) is 117 Å². The first-order chi connectivity index (χ1) is 31.4. The number of hydrogen-bond acceptors (Lipinski definition) is 16. The van der Waals surface area contributed by atoms with Crippen LogP contribution in [-0.2, 0) is 57.5 Å². The quantitative estimate of drug-likeness (QED) is 0.0719. The molecule has 3 saturated heterocycles. The molecule has 3 aromatic heterocycles. The molecule has 0 saturated carbocycles. The number of fused-ring (bicyclic) bond motifs is 2. The Morgan fingerprint density at radius 3 is 2.61 bits per heavy atom. The first-order valence-corrected chi connectivity index (χ1v) is 23.9. The van der Waals surface area contributed by atoms with Gasteiger partial charge in [-0.25, -0.2) is 24.8 Å². The average molecular weight is 931 g/mol. The summed E-state index contributed by atoms with van der Waals surface area (Å²) in [5.74, 6) is -1.97. The van der Waals surface area contributed by atoms with Crippen molar-refractivity contribution < 1.29 is 42.9 Å². The van der Waals surface area contributed by atoms with Gasteiger partial charge in [0.25, 0.3) is 0 Å². The molecule has 3 aliphatic rings. The Morgan fingerprint density at radius 1 is 1.09 bits per heavy atom. The number of nitrogens with zero attached hydrogens (tertiary/aromatic N) is 5. The van der Waals surface area contributed by atoms with Crippen LogP contribution in [0.3, 0.4) is 0 Å². The predicted molar refractivity (Wildman–Crippen MR) is 252 cm³/mol. The van der Waals surface area contributed by atoms with Crippen molar-refractivity contribution in [3.8, 4) is 22.5 Å². The lowest BCUT2D eigenvalue weighted by molar-refractivity contribution is -0.163. The number of piperazine rings is 1. The van der Waals surface area contributed by atoms with Crippen molar-refractivity contribution in [1.82, 2.24) is 35.6 Å². The first-order valence-electron chi connectivity index (χ1n) is 23.0. The molecule has 17 nitrogen and oxygen atoms in total. The largest absolute Gasteiger partial charge is 0.465 e. The molecule has 0 bridgehead atoms. The fourth-order valence-corrected chi connectivity index (χ4v) is 9.75. The summed E-state index contributed by atoms with van der Waals surface area (Å²) < 4.78 is 30.6. The van der Waals surface area contributed by atoms with Gasteiger partial charge in [-0.15, -0.1) is 11.3 Å². The van der Waals surface area contributed by atoms with Crippen LogP contribution in [-0.4, -0.2) is 127 Å². The number of aryl methyl sites for hydroxylation is 1. The summed E-state index contributed by atoms with van der Waals surface area (Å²) in [5, 5.41) is 6.10. The van der Waals surface area contributed by atoms with Crippen molar-refractivity contribution in [2.24, 2.45) is 5.41 Å². The Morgan fingerprint density at radius 2 is 1.89 bits per heavy atom. The number of thiazole rings is 1. The number of rotatable bonds is 15. The molecule has 6 heterocycles. The highest BCUT2D eigenvalue weighted by Gasteiger charge is 2.34. The third-order valence-corrected chi connectivity index (χ3v) is 13.1. The number of carbonyl (C=O) groups excluding carboxylic acids is 4. The number of pyridine rings is 1. The predicted octanol–water partition coefficient (Wildman–Crippen LogP) is 5.97. The third kappa shape index (κ3) is 11.8. The number of aromatic nitrogens is 3. The van der Waals surface area contributed by atoms with Crippen LogP contribution in [0.1, 0.15) is 90.6 Å². The minimum absolute atomic E-state index is 0.0345. The maximum absolute atomic E-state index is 13.6. The molecular formula is C48H66N8O9S. The molecule has 3 aliphatic heterocycles. The molecule has 358 valence electrons. The second kappa shape index (κ2) is 20.9. The number of nitrogens with one attached hydrogen (secondary N) is 3. The summed E-state index contributed by atoms with van der Waals surface area (Å²) in [4.78, 5) is 66.6. The number of ether oxygens (including phenoxy) is 5. The van der Waals surface area contributed by atoms with E-state index in [1.165, 1.54) is 18.3 Å². The van der Waals surface area contributed by atoms with Crippen molar-refractivity contribution >= 4 is 51.9 Å². The van der Waals surface area contributed by atoms with Crippen LogP contribution < -0.4 is 21.1 Å². The number of amides is 1. The van der Waals surface area contributed by atoms with Gasteiger partial charge in [0, 0.05) is 92.5 Å². The highest BCUT2D eigenvalue weighted by atomic mass is 32.1. The fraction of sp³-hybridized carbons (Fsp3) is 0.583. The van der Waals surface area contributed by atoms with Crippen LogP contribution in [0.25, 0.3) is 33.4 Å². The molecular weight excluding hydrogens is 865 g/mol. The van der Waals surface area contributed by atoms with Gasteiger partial charge in [-0.1, -0.05) is 19.9 Å². The summed E-state index contributed by atoms with van der Waals surface area (Å²) in [5.41, 5.74) is 12.0. The lowest BCUT2D eigenvalue weighted by atomic mass is 9.84.